The molecule has 0 aliphatic rings. The maximum absolute atomic E-state index is 12.1. The van der Waals surface area contributed by atoms with E-state index in [1.807, 2.05) is 19.1 Å². The fraction of sp³-hybridized carbons (Fsp3) is 0.176. The van der Waals surface area contributed by atoms with Gasteiger partial charge in [-0.1, -0.05) is 27.5 Å². The third kappa shape index (κ3) is 5.20. The summed E-state index contributed by atoms with van der Waals surface area (Å²) in [5, 5.41) is 0.325. The summed E-state index contributed by atoms with van der Waals surface area (Å²) in [4.78, 5) is 23.8. The number of esters is 2. The third-order valence-electron chi connectivity index (χ3n) is 3.10. The van der Waals surface area contributed by atoms with Crippen LogP contribution in [0.1, 0.15) is 15.9 Å². The molecule has 0 aliphatic heterocycles. The number of hydrogen-bond acceptors (Lipinski definition) is 5. The topological polar surface area (TPSA) is 61.8 Å². The second kappa shape index (κ2) is 8.69. The van der Waals surface area contributed by atoms with Crippen molar-refractivity contribution in [3.05, 3.63) is 55.4 Å². The molecule has 5 nitrogen and oxygen atoms in total. The number of rotatable bonds is 5. The van der Waals surface area contributed by atoms with Crippen LogP contribution in [0.4, 0.5) is 0 Å². The molecule has 0 aromatic heterocycles. The summed E-state index contributed by atoms with van der Waals surface area (Å²) in [5.41, 5.74) is 0.903. The molecule has 2 aromatic carbocycles. The van der Waals surface area contributed by atoms with Gasteiger partial charge in [0.25, 0.3) is 0 Å². The summed E-state index contributed by atoms with van der Waals surface area (Å²) < 4.78 is 17.0. The first-order valence-corrected chi connectivity index (χ1v) is 8.95. The number of benzene rings is 2. The fourth-order valence-electron chi connectivity index (χ4n) is 2.02. The molecule has 0 heterocycles. The van der Waals surface area contributed by atoms with Crippen LogP contribution in [0.3, 0.4) is 0 Å². The van der Waals surface area contributed by atoms with Crippen LogP contribution in [0.15, 0.2) is 39.3 Å². The molecule has 2 rings (SSSR count). The average molecular weight is 493 g/mol. The molecule has 2 aromatic rings. The van der Waals surface area contributed by atoms with Gasteiger partial charge in [0.1, 0.15) is 17.1 Å². The average Bonchev–Trinajstić information content (AvgIpc) is 2.54. The molecule has 0 N–H and O–H groups in total. The zero-order chi connectivity index (χ0) is 18.6. The SMILES string of the molecule is COC(=O)c1cc(Cl)ccc1OC(=O)COc1c(C)cc(Br)cc1Br. The van der Waals surface area contributed by atoms with Crippen molar-refractivity contribution < 1.29 is 23.8 Å². The summed E-state index contributed by atoms with van der Waals surface area (Å²) in [6, 6.07) is 7.97. The quantitative estimate of drug-likeness (QED) is 0.437. The predicted molar refractivity (Wildman–Crippen MR) is 101 cm³/mol. The largest absolute Gasteiger partial charge is 0.480 e. The first-order chi connectivity index (χ1) is 11.8. The summed E-state index contributed by atoms with van der Waals surface area (Å²) in [6.07, 6.45) is 0. The summed E-state index contributed by atoms with van der Waals surface area (Å²) in [5.74, 6) is -0.736. The van der Waals surface area contributed by atoms with Gasteiger partial charge in [0, 0.05) is 9.50 Å². The second-order valence-corrected chi connectivity index (χ2v) is 7.13. The first-order valence-electron chi connectivity index (χ1n) is 6.98. The molecule has 0 bridgehead atoms. The maximum Gasteiger partial charge on any atom is 0.349 e. The molecule has 25 heavy (non-hydrogen) atoms. The summed E-state index contributed by atoms with van der Waals surface area (Å²) >= 11 is 12.6. The van der Waals surface area contributed by atoms with Crippen molar-refractivity contribution in [2.45, 2.75) is 6.92 Å². The Kier molecular flexibility index (Phi) is 6.87. The van der Waals surface area contributed by atoms with Crippen molar-refractivity contribution in [3.8, 4) is 11.5 Å². The number of carbonyl (C=O) groups is 2. The maximum atomic E-state index is 12.1. The Bertz CT molecular complexity index is 800. The highest BCUT2D eigenvalue weighted by Gasteiger charge is 2.17. The van der Waals surface area contributed by atoms with Crippen LogP contribution in [-0.2, 0) is 9.53 Å². The molecular weight excluding hydrogens is 479 g/mol. The molecule has 0 fully saturated rings. The Balaban J connectivity index is 2.10. The van der Waals surface area contributed by atoms with E-state index in [1.54, 1.807) is 0 Å². The second-order valence-electron chi connectivity index (χ2n) is 4.93. The van der Waals surface area contributed by atoms with Gasteiger partial charge in [-0.25, -0.2) is 9.59 Å². The number of hydrogen-bond donors (Lipinski definition) is 0. The minimum atomic E-state index is -0.665. The van der Waals surface area contributed by atoms with Crippen LogP contribution in [-0.4, -0.2) is 25.7 Å². The number of halogens is 3. The van der Waals surface area contributed by atoms with E-state index in [1.165, 1.54) is 25.3 Å². The predicted octanol–water partition coefficient (Wildman–Crippen LogP) is 4.94. The van der Waals surface area contributed by atoms with E-state index in [-0.39, 0.29) is 17.9 Å². The highest BCUT2D eigenvalue weighted by atomic mass is 79.9. The van der Waals surface area contributed by atoms with Crippen molar-refractivity contribution in [1.29, 1.82) is 0 Å². The summed E-state index contributed by atoms with van der Waals surface area (Å²) in [6.45, 7) is 1.52. The molecule has 132 valence electrons. The Morgan fingerprint density at radius 1 is 1.16 bits per heavy atom. The van der Waals surface area contributed by atoms with Gasteiger partial charge in [-0.15, -0.1) is 0 Å². The van der Waals surface area contributed by atoms with Crippen LogP contribution in [0, 0.1) is 6.92 Å². The van der Waals surface area contributed by atoms with Crippen LogP contribution < -0.4 is 9.47 Å². The van der Waals surface area contributed by atoms with Gasteiger partial charge < -0.3 is 14.2 Å². The van der Waals surface area contributed by atoms with E-state index in [0.717, 1.165) is 10.0 Å². The lowest BCUT2D eigenvalue weighted by atomic mass is 10.2. The molecule has 0 aliphatic carbocycles. The third-order valence-corrected chi connectivity index (χ3v) is 4.38. The summed E-state index contributed by atoms with van der Waals surface area (Å²) in [7, 11) is 1.23. The number of ether oxygens (including phenoxy) is 3. The molecule has 0 saturated carbocycles. The van der Waals surface area contributed by atoms with E-state index >= 15 is 0 Å². The van der Waals surface area contributed by atoms with Crippen molar-refractivity contribution >= 4 is 55.4 Å². The number of carbonyl (C=O) groups excluding carboxylic acids is 2. The van der Waals surface area contributed by atoms with Gasteiger partial charge in [0.15, 0.2) is 6.61 Å². The van der Waals surface area contributed by atoms with E-state index in [2.05, 4.69) is 36.6 Å². The van der Waals surface area contributed by atoms with Gasteiger partial charge in [0.2, 0.25) is 0 Å². The lowest BCUT2D eigenvalue weighted by molar-refractivity contribution is -0.136. The normalized spacial score (nSPS) is 10.3. The Morgan fingerprint density at radius 3 is 2.52 bits per heavy atom. The Hall–Kier alpha value is -1.57. The van der Waals surface area contributed by atoms with Crippen molar-refractivity contribution in [2.75, 3.05) is 13.7 Å². The van der Waals surface area contributed by atoms with E-state index in [0.29, 0.717) is 15.2 Å². The molecule has 0 atom stereocenters. The van der Waals surface area contributed by atoms with E-state index in [4.69, 9.17) is 21.1 Å². The van der Waals surface area contributed by atoms with Crippen LogP contribution in [0.25, 0.3) is 0 Å². The number of aryl methyl sites for hydroxylation is 1. The molecule has 0 saturated heterocycles. The monoisotopic (exact) mass is 490 g/mol. The molecule has 0 radical (unpaired) electrons. The molecular formula is C17H13Br2ClO5. The standard InChI is InChI=1S/C17H13Br2ClO5/c1-9-5-10(18)6-13(19)16(9)24-8-15(21)25-14-4-3-11(20)7-12(14)17(22)23-2/h3-7H,8H2,1-2H3. The van der Waals surface area contributed by atoms with Gasteiger partial charge >= 0.3 is 11.9 Å². The van der Waals surface area contributed by atoms with Gasteiger partial charge in [-0.05, 0) is 58.7 Å². The number of methoxy groups -OCH3 is 1. The Labute approximate surface area is 166 Å². The van der Waals surface area contributed by atoms with Crippen molar-refractivity contribution in [1.82, 2.24) is 0 Å². The zero-order valence-corrected chi connectivity index (χ0v) is 17.2. The van der Waals surface area contributed by atoms with Crippen molar-refractivity contribution in [3.63, 3.8) is 0 Å². The molecule has 0 unspecified atom stereocenters. The van der Waals surface area contributed by atoms with Gasteiger partial charge in [0.05, 0.1) is 11.6 Å². The lowest BCUT2D eigenvalue weighted by Gasteiger charge is -2.12. The van der Waals surface area contributed by atoms with Gasteiger partial charge in [-0.3, -0.25) is 0 Å². The minimum absolute atomic E-state index is 0.0523. The first kappa shape index (κ1) is 19.8. The van der Waals surface area contributed by atoms with Crippen molar-refractivity contribution in [2.24, 2.45) is 0 Å². The highest BCUT2D eigenvalue weighted by Crippen LogP contribution is 2.32. The van der Waals surface area contributed by atoms with E-state index in [9.17, 15) is 9.59 Å². The van der Waals surface area contributed by atoms with Crippen LogP contribution >= 0.6 is 43.5 Å². The molecule has 0 spiro atoms. The minimum Gasteiger partial charge on any atom is -0.480 e. The Morgan fingerprint density at radius 2 is 1.88 bits per heavy atom. The van der Waals surface area contributed by atoms with Crippen LogP contribution in [0.2, 0.25) is 5.02 Å². The fourth-order valence-corrected chi connectivity index (χ4v) is 3.74. The highest BCUT2D eigenvalue weighted by molar-refractivity contribution is 9.11. The van der Waals surface area contributed by atoms with Gasteiger partial charge in [-0.2, -0.15) is 0 Å². The lowest BCUT2D eigenvalue weighted by Crippen LogP contribution is -2.19. The van der Waals surface area contributed by atoms with E-state index < -0.39 is 11.9 Å². The molecule has 8 heteroatoms. The smallest absolute Gasteiger partial charge is 0.349 e. The zero-order valence-electron chi connectivity index (χ0n) is 13.3. The van der Waals surface area contributed by atoms with Crippen LogP contribution in [0.5, 0.6) is 11.5 Å². The molecule has 0 amide bonds.